The lowest BCUT2D eigenvalue weighted by atomic mass is 10.1. The molecule has 2 heterocycles. The lowest BCUT2D eigenvalue weighted by molar-refractivity contribution is -0.384. The monoisotopic (exact) mass is 312 g/mol. The van der Waals surface area contributed by atoms with Crippen LogP contribution in [-0.2, 0) is 4.74 Å². The summed E-state index contributed by atoms with van der Waals surface area (Å²) in [5, 5.41) is 15.1. The van der Waals surface area contributed by atoms with Crippen LogP contribution < -0.4 is 0 Å². The summed E-state index contributed by atoms with van der Waals surface area (Å²) in [5.41, 5.74) is 2.28. The molecule has 0 aliphatic rings. The Kier molecular flexibility index (Phi) is 3.49. The van der Waals surface area contributed by atoms with Crippen molar-refractivity contribution in [2.45, 2.75) is 6.92 Å². The third-order valence-electron chi connectivity index (χ3n) is 3.30. The van der Waals surface area contributed by atoms with Crippen molar-refractivity contribution in [2.24, 2.45) is 0 Å². The maximum atomic E-state index is 12.0. The van der Waals surface area contributed by atoms with Crippen LogP contribution in [0, 0.1) is 17.0 Å². The number of hydrogen-bond acceptors (Lipinski definition) is 6. The van der Waals surface area contributed by atoms with Crippen LogP contribution in [0.15, 0.2) is 36.4 Å². The van der Waals surface area contributed by atoms with Gasteiger partial charge >= 0.3 is 5.97 Å². The number of benzene rings is 1. The van der Waals surface area contributed by atoms with Gasteiger partial charge in [-0.2, -0.15) is 5.10 Å². The Morgan fingerprint density at radius 1 is 1.30 bits per heavy atom. The van der Waals surface area contributed by atoms with Gasteiger partial charge in [-0.3, -0.25) is 10.1 Å². The average Bonchev–Trinajstić information content (AvgIpc) is 2.93. The molecule has 1 aromatic carbocycles. The van der Waals surface area contributed by atoms with Crippen LogP contribution in [-0.4, -0.2) is 32.6 Å². The predicted molar refractivity (Wildman–Crippen MR) is 81.2 cm³/mol. The molecule has 8 nitrogen and oxygen atoms in total. The molecule has 0 saturated heterocycles. The highest BCUT2D eigenvalue weighted by atomic mass is 16.6. The number of non-ortho nitro benzene ring substituents is 1. The van der Waals surface area contributed by atoms with E-state index in [4.69, 9.17) is 4.74 Å². The molecule has 3 rings (SSSR count). The summed E-state index contributed by atoms with van der Waals surface area (Å²) in [5.74, 6) is -0.563. The third-order valence-corrected chi connectivity index (χ3v) is 3.30. The quantitative estimate of drug-likeness (QED) is 0.418. The average molecular weight is 312 g/mol. The Balaban J connectivity index is 2.24. The number of nitro benzene ring substituents is 1. The van der Waals surface area contributed by atoms with E-state index in [1.54, 1.807) is 25.1 Å². The molecular formula is C15H12N4O4. The zero-order chi connectivity index (χ0) is 16.6. The van der Waals surface area contributed by atoms with Gasteiger partial charge in [-0.25, -0.2) is 14.3 Å². The van der Waals surface area contributed by atoms with Crippen molar-refractivity contribution in [1.82, 2.24) is 14.6 Å². The van der Waals surface area contributed by atoms with Crippen LogP contribution in [0.1, 0.15) is 16.2 Å². The van der Waals surface area contributed by atoms with Gasteiger partial charge in [0.2, 0.25) is 0 Å². The number of fused-ring (bicyclic) bond motifs is 1. The van der Waals surface area contributed by atoms with Crippen molar-refractivity contribution in [1.29, 1.82) is 0 Å². The van der Waals surface area contributed by atoms with E-state index in [9.17, 15) is 14.9 Å². The fraction of sp³-hybridized carbons (Fsp3) is 0.133. The van der Waals surface area contributed by atoms with Crippen molar-refractivity contribution in [3.05, 3.63) is 57.9 Å². The van der Waals surface area contributed by atoms with Crippen LogP contribution in [0.25, 0.3) is 16.9 Å². The second-order valence-electron chi connectivity index (χ2n) is 4.88. The number of rotatable bonds is 3. The van der Waals surface area contributed by atoms with Crippen LogP contribution in [0.4, 0.5) is 5.69 Å². The third kappa shape index (κ3) is 2.61. The highest BCUT2D eigenvalue weighted by Gasteiger charge is 2.17. The number of hydrogen-bond donors (Lipinski definition) is 0. The normalized spacial score (nSPS) is 10.7. The minimum Gasteiger partial charge on any atom is -0.464 e. The number of carbonyl (C=O) groups excluding carboxylic acids is 1. The molecule has 0 amide bonds. The van der Waals surface area contributed by atoms with E-state index >= 15 is 0 Å². The first-order valence-corrected chi connectivity index (χ1v) is 6.70. The highest BCUT2D eigenvalue weighted by Crippen LogP contribution is 2.24. The van der Waals surface area contributed by atoms with Gasteiger partial charge in [-0.15, -0.1) is 0 Å². The van der Waals surface area contributed by atoms with Gasteiger partial charge < -0.3 is 4.74 Å². The first kappa shape index (κ1) is 14.6. The summed E-state index contributed by atoms with van der Waals surface area (Å²) in [7, 11) is 1.28. The molecule has 8 heteroatoms. The van der Waals surface area contributed by atoms with E-state index in [1.807, 2.05) is 0 Å². The molecule has 0 bridgehead atoms. The van der Waals surface area contributed by atoms with Gasteiger partial charge in [-0.05, 0) is 13.0 Å². The minimum atomic E-state index is -0.563. The molecule has 2 aromatic heterocycles. The number of nitro groups is 1. The summed E-state index contributed by atoms with van der Waals surface area (Å²) in [4.78, 5) is 26.8. The molecular weight excluding hydrogens is 300 g/mol. The fourth-order valence-electron chi connectivity index (χ4n) is 2.27. The van der Waals surface area contributed by atoms with Crippen LogP contribution >= 0.6 is 0 Å². The number of methoxy groups -OCH3 is 1. The first-order chi connectivity index (χ1) is 11.0. The number of nitrogens with zero attached hydrogens (tertiary/aromatic N) is 4. The smallest absolute Gasteiger partial charge is 0.356 e. The summed E-state index contributed by atoms with van der Waals surface area (Å²) in [6.45, 7) is 1.78. The number of carbonyl (C=O) groups is 1. The number of aryl methyl sites for hydroxylation is 1. The largest absolute Gasteiger partial charge is 0.464 e. The lowest BCUT2D eigenvalue weighted by Crippen LogP contribution is -2.10. The first-order valence-electron chi connectivity index (χ1n) is 6.70. The number of esters is 1. The van der Waals surface area contributed by atoms with Gasteiger partial charge in [0.15, 0.2) is 11.3 Å². The maximum Gasteiger partial charge on any atom is 0.356 e. The van der Waals surface area contributed by atoms with E-state index in [2.05, 4.69) is 10.1 Å². The van der Waals surface area contributed by atoms with Crippen molar-refractivity contribution < 1.29 is 14.5 Å². The van der Waals surface area contributed by atoms with Gasteiger partial charge in [0, 0.05) is 23.8 Å². The standard InChI is InChI=1S/C15H12N4O4/c1-9-6-14-16-12(8-13(15(20)23-2)18(14)17-9)10-4-3-5-11(7-10)19(21)22/h3-8H,1-2H3. The van der Waals surface area contributed by atoms with E-state index in [1.165, 1.54) is 29.8 Å². The summed E-state index contributed by atoms with van der Waals surface area (Å²) in [6.07, 6.45) is 0. The molecule has 0 radical (unpaired) electrons. The Labute approximate surface area is 130 Å². The highest BCUT2D eigenvalue weighted by molar-refractivity contribution is 5.89. The van der Waals surface area contributed by atoms with Gasteiger partial charge in [0.05, 0.1) is 23.4 Å². The zero-order valence-corrected chi connectivity index (χ0v) is 12.4. The number of ether oxygens (including phenoxy) is 1. The van der Waals surface area contributed by atoms with Crippen molar-refractivity contribution in [2.75, 3.05) is 7.11 Å². The Morgan fingerprint density at radius 2 is 2.09 bits per heavy atom. The van der Waals surface area contributed by atoms with E-state index < -0.39 is 10.9 Å². The van der Waals surface area contributed by atoms with Crippen molar-refractivity contribution >= 4 is 17.3 Å². The van der Waals surface area contributed by atoms with Crippen LogP contribution in [0.3, 0.4) is 0 Å². The molecule has 0 N–H and O–H groups in total. The maximum absolute atomic E-state index is 12.0. The molecule has 0 saturated carbocycles. The van der Waals surface area contributed by atoms with Crippen LogP contribution in [0.2, 0.25) is 0 Å². The summed E-state index contributed by atoms with van der Waals surface area (Å²) in [6, 6.07) is 9.28. The summed E-state index contributed by atoms with van der Waals surface area (Å²) >= 11 is 0. The topological polar surface area (TPSA) is 99.6 Å². The molecule has 0 spiro atoms. The second-order valence-corrected chi connectivity index (χ2v) is 4.88. The van der Waals surface area contributed by atoms with Crippen molar-refractivity contribution in [3.8, 4) is 11.3 Å². The van der Waals surface area contributed by atoms with E-state index in [0.717, 1.165) is 0 Å². The lowest BCUT2D eigenvalue weighted by Gasteiger charge is -2.06. The number of aromatic nitrogens is 3. The Hall–Kier alpha value is -3.29. The van der Waals surface area contributed by atoms with E-state index in [-0.39, 0.29) is 11.4 Å². The Morgan fingerprint density at radius 3 is 2.78 bits per heavy atom. The second kappa shape index (κ2) is 5.48. The molecule has 0 aliphatic heterocycles. The molecule has 3 aromatic rings. The molecule has 116 valence electrons. The molecule has 0 aliphatic carbocycles. The predicted octanol–water partition coefficient (Wildman–Crippen LogP) is 2.40. The van der Waals surface area contributed by atoms with Crippen molar-refractivity contribution in [3.63, 3.8) is 0 Å². The minimum absolute atomic E-state index is 0.0477. The SMILES string of the molecule is COC(=O)c1cc(-c2cccc([N+](=O)[O-])c2)nc2cc(C)nn12. The van der Waals surface area contributed by atoms with Gasteiger partial charge in [0.25, 0.3) is 5.69 Å². The van der Waals surface area contributed by atoms with Gasteiger partial charge in [0.1, 0.15) is 0 Å². The fourth-order valence-corrected chi connectivity index (χ4v) is 2.27. The molecule has 23 heavy (non-hydrogen) atoms. The zero-order valence-electron chi connectivity index (χ0n) is 12.4. The Bertz CT molecular complexity index is 932. The molecule has 0 atom stereocenters. The van der Waals surface area contributed by atoms with Gasteiger partial charge in [-0.1, -0.05) is 12.1 Å². The van der Waals surface area contributed by atoms with E-state index in [0.29, 0.717) is 22.6 Å². The summed E-state index contributed by atoms with van der Waals surface area (Å²) < 4.78 is 6.16. The molecule has 0 unspecified atom stereocenters. The molecule has 0 fully saturated rings. The van der Waals surface area contributed by atoms with Crippen LogP contribution in [0.5, 0.6) is 0 Å².